The first-order valence-corrected chi connectivity index (χ1v) is 8.72. The minimum absolute atomic E-state index is 0.288. The summed E-state index contributed by atoms with van der Waals surface area (Å²) >= 11 is 0. The number of rotatable bonds is 7. The van der Waals surface area contributed by atoms with Gasteiger partial charge in [-0.05, 0) is 19.9 Å². The van der Waals surface area contributed by atoms with Crippen molar-refractivity contribution in [2.75, 3.05) is 17.7 Å². The van der Waals surface area contributed by atoms with Crippen LogP contribution in [0.2, 0.25) is 0 Å². The smallest absolute Gasteiger partial charge is 0.163 e. The van der Waals surface area contributed by atoms with Gasteiger partial charge in [0.25, 0.3) is 0 Å². The van der Waals surface area contributed by atoms with E-state index in [-0.39, 0.29) is 6.04 Å². The molecule has 1 aromatic heterocycles. The van der Waals surface area contributed by atoms with E-state index in [0.717, 1.165) is 28.5 Å². The third-order valence-electron chi connectivity index (χ3n) is 3.85. The summed E-state index contributed by atoms with van der Waals surface area (Å²) in [4.78, 5) is 9.32. The first-order valence-electron chi connectivity index (χ1n) is 8.72. The quantitative estimate of drug-likeness (QED) is 0.654. The summed E-state index contributed by atoms with van der Waals surface area (Å²) < 4.78 is 5.42. The molecular weight excluding hydrogens is 324 g/mol. The van der Waals surface area contributed by atoms with Crippen molar-refractivity contribution in [2.24, 2.45) is 0 Å². The number of nitrogens with zero attached hydrogens (tertiary/aromatic N) is 2. The molecule has 26 heavy (non-hydrogen) atoms. The monoisotopic (exact) mass is 348 g/mol. The summed E-state index contributed by atoms with van der Waals surface area (Å²) in [6.07, 6.45) is 0. The van der Waals surface area contributed by atoms with Crippen molar-refractivity contribution in [3.05, 3.63) is 66.2 Å². The Kier molecular flexibility index (Phi) is 5.69. The Bertz CT molecular complexity index is 850. The van der Waals surface area contributed by atoms with Crippen LogP contribution in [0.25, 0.3) is 11.4 Å². The fourth-order valence-corrected chi connectivity index (χ4v) is 2.66. The van der Waals surface area contributed by atoms with Crippen molar-refractivity contribution in [3.8, 4) is 17.1 Å². The van der Waals surface area contributed by atoms with Crippen LogP contribution in [-0.4, -0.2) is 23.1 Å². The van der Waals surface area contributed by atoms with Crippen LogP contribution in [-0.2, 0) is 6.54 Å². The Morgan fingerprint density at radius 3 is 2.35 bits per heavy atom. The molecule has 0 atom stereocenters. The van der Waals surface area contributed by atoms with Crippen LogP contribution >= 0.6 is 0 Å². The SMILES string of the molecule is COc1ccccc1CNc1cc(NC(C)C)nc(-c2ccccc2)n1. The molecule has 2 aromatic carbocycles. The summed E-state index contributed by atoms with van der Waals surface area (Å²) in [5, 5.41) is 6.75. The van der Waals surface area contributed by atoms with Crippen molar-refractivity contribution < 1.29 is 4.74 Å². The zero-order valence-corrected chi connectivity index (χ0v) is 15.4. The van der Waals surface area contributed by atoms with Gasteiger partial charge in [-0.25, -0.2) is 9.97 Å². The lowest BCUT2D eigenvalue weighted by Gasteiger charge is -2.14. The molecule has 134 valence electrons. The van der Waals surface area contributed by atoms with E-state index in [0.29, 0.717) is 12.4 Å². The van der Waals surface area contributed by atoms with Crippen molar-refractivity contribution >= 4 is 11.6 Å². The van der Waals surface area contributed by atoms with Gasteiger partial charge in [0.15, 0.2) is 5.82 Å². The largest absolute Gasteiger partial charge is 0.496 e. The molecule has 5 heteroatoms. The van der Waals surface area contributed by atoms with Crippen molar-refractivity contribution in [3.63, 3.8) is 0 Å². The third kappa shape index (κ3) is 4.51. The second-order valence-electron chi connectivity index (χ2n) is 6.29. The molecule has 0 aliphatic carbocycles. The van der Waals surface area contributed by atoms with Gasteiger partial charge >= 0.3 is 0 Å². The highest BCUT2D eigenvalue weighted by atomic mass is 16.5. The molecule has 1 heterocycles. The average molecular weight is 348 g/mol. The second kappa shape index (κ2) is 8.34. The summed E-state index contributed by atoms with van der Waals surface area (Å²) in [5.74, 6) is 3.13. The predicted octanol–water partition coefficient (Wildman–Crippen LogP) is 4.58. The number of nitrogens with one attached hydrogen (secondary N) is 2. The van der Waals surface area contributed by atoms with Crippen molar-refractivity contribution in [1.29, 1.82) is 0 Å². The molecule has 2 N–H and O–H groups in total. The highest BCUT2D eigenvalue weighted by Gasteiger charge is 2.09. The number of benzene rings is 2. The summed E-state index contributed by atoms with van der Waals surface area (Å²) in [6, 6.07) is 20.2. The average Bonchev–Trinajstić information content (AvgIpc) is 2.66. The molecule has 0 spiro atoms. The van der Waals surface area contributed by atoms with E-state index in [1.54, 1.807) is 7.11 Å². The lowest BCUT2D eigenvalue weighted by Crippen LogP contribution is -2.13. The number of hydrogen-bond donors (Lipinski definition) is 2. The number of ether oxygens (including phenoxy) is 1. The lowest BCUT2D eigenvalue weighted by atomic mass is 10.2. The standard InChI is InChI=1S/C21H24N4O/c1-15(2)23-20-13-19(22-14-17-11-7-8-12-18(17)26-3)24-21(25-20)16-9-5-4-6-10-16/h4-13,15H,14H2,1-3H3,(H2,22,23,24,25). The van der Waals surface area contributed by atoms with E-state index in [1.165, 1.54) is 0 Å². The molecule has 0 unspecified atom stereocenters. The zero-order valence-electron chi connectivity index (χ0n) is 15.4. The summed E-state index contributed by atoms with van der Waals surface area (Å²) in [6.45, 7) is 4.80. The number of hydrogen-bond acceptors (Lipinski definition) is 5. The van der Waals surface area contributed by atoms with Crippen LogP contribution in [0.3, 0.4) is 0 Å². The van der Waals surface area contributed by atoms with Crippen molar-refractivity contribution in [1.82, 2.24) is 9.97 Å². The van der Waals surface area contributed by atoms with Gasteiger partial charge in [0, 0.05) is 29.8 Å². The van der Waals surface area contributed by atoms with Crippen LogP contribution in [0.5, 0.6) is 5.75 Å². The molecule has 0 fully saturated rings. The third-order valence-corrected chi connectivity index (χ3v) is 3.85. The highest BCUT2D eigenvalue weighted by molar-refractivity contribution is 5.61. The normalized spacial score (nSPS) is 10.6. The van der Waals surface area contributed by atoms with Crippen LogP contribution < -0.4 is 15.4 Å². The maximum Gasteiger partial charge on any atom is 0.163 e. The van der Waals surface area contributed by atoms with Gasteiger partial charge in [0.1, 0.15) is 17.4 Å². The van der Waals surface area contributed by atoms with E-state index >= 15 is 0 Å². The second-order valence-corrected chi connectivity index (χ2v) is 6.29. The van der Waals surface area contributed by atoms with E-state index in [4.69, 9.17) is 4.74 Å². The predicted molar refractivity (Wildman–Crippen MR) is 107 cm³/mol. The first-order chi connectivity index (χ1) is 12.7. The minimum Gasteiger partial charge on any atom is -0.496 e. The van der Waals surface area contributed by atoms with E-state index < -0.39 is 0 Å². The molecule has 3 rings (SSSR count). The molecule has 0 bridgehead atoms. The van der Waals surface area contributed by atoms with Gasteiger partial charge in [-0.2, -0.15) is 0 Å². The Balaban J connectivity index is 1.88. The van der Waals surface area contributed by atoms with Crippen LogP contribution in [0.4, 0.5) is 11.6 Å². The Morgan fingerprint density at radius 2 is 1.62 bits per heavy atom. The van der Waals surface area contributed by atoms with Crippen LogP contribution in [0.15, 0.2) is 60.7 Å². The molecule has 0 saturated carbocycles. The Hall–Kier alpha value is -3.08. The van der Waals surface area contributed by atoms with E-state index in [2.05, 4.69) is 34.4 Å². The zero-order chi connectivity index (χ0) is 18.4. The van der Waals surface area contributed by atoms with E-state index in [9.17, 15) is 0 Å². The molecule has 3 aromatic rings. The highest BCUT2D eigenvalue weighted by Crippen LogP contribution is 2.22. The number of para-hydroxylation sites is 1. The minimum atomic E-state index is 0.288. The number of aromatic nitrogens is 2. The fourth-order valence-electron chi connectivity index (χ4n) is 2.66. The topological polar surface area (TPSA) is 59.1 Å². The van der Waals surface area contributed by atoms with Gasteiger partial charge in [-0.1, -0.05) is 48.5 Å². The molecule has 5 nitrogen and oxygen atoms in total. The van der Waals surface area contributed by atoms with Gasteiger partial charge in [0.05, 0.1) is 7.11 Å². The molecule has 0 amide bonds. The van der Waals surface area contributed by atoms with Crippen LogP contribution in [0, 0.1) is 0 Å². The molecule has 0 radical (unpaired) electrons. The number of anilines is 2. The maximum atomic E-state index is 5.42. The van der Waals surface area contributed by atoms with E-state index in [1.807, 2.05) is 60.7 Å². The summed E-state index contributed by atoms with van der Waals surface area (Å²) in [7, 11) is 1.68. The van der Waals surface area contributed by atoms with Gasteiger partial charge in [-0.15, -0.1) is 0 Å². The molecular formula is C21H24N4O. The Labute approximate surface area is 154 Å². The maximum absolute atomic E-state index is 5.42. The lowest BCUT2D eigenvalue weighted by molar-refractivity contribution is 0.410. The Morgan fingerprint density at radius 1 is 0.923 bits per heavy atom. The van der Waals surface area contributed by atoms with Gasteiger partial charge in [0.2, 0.25) is 0 Å². The molecule has 0 saturated heterocycles. The number of methoxy groups -OCH3 is 1. The molecule has 0 aliphatic rings. The van der Waals surface area contributed by atoms with Crippen molar-refractivity contribution in [2.45, 2.75) is 26.4 Å². The fraction of sp³-hybridized carbons (Fsp3) is 0.238. The first kappa shape index (κ1) is 17.7. The van der Waals surface area contributed by atoms with Crippen LogP contribution in [0.1, 0.15) is 19.4 Å². The summed E-state index contributed by atoms with van der Waals surface area (Å²) in [5.41, 5.74) is 2.06. The van der Waals surface area contributed by atoms with Gasteiger partial charge in [-0.3, -0.25) is 0 Å². The van der Waals surface area contributed by atoms with Gasteiger partial charge < -0.3 is 15.4 Å². The molecule has 0 aliphatic heterocycles.